The summed E-state index contributed by atoms with van der Waals surface area (Å²) in [6.45, 7) is 3.86. The van der Waals surface area contributed by atoms with Gasteiger partial charge in [0.05, 0.1) is 25.1 Å². The van der Waals surface area contributed by atoms with E-state index in [0.717, 1.165) is 12.7 Å². The number of benzene rings is 1. The zero-order chi connectivity index (χ0) is 16.9. The topological polar surface area (TPSA) is 111 Å². The van der Waals surface area contributed by atoms with Gasteiger partial charge in [-0.25, -0.2) is 8.42 Å². The van der Waals surface area contributed by atoms with Crippen LogP contribution in [0.2, 0.25) is 0 Å². The third kappa shape index (κ3) is 5.19. The van der Waals surface area contributed by atoms with Gasteiger partial charge >= 0.3 is 0 Å². The molecular formula is C14H23N3O4S. The lowest BCUT2D eigenvalue weighted by atomic mass is 9.99. The molecule has 1 rings (SSSR count). The number of nitrogens with two attached hydrogens (primary N) is 1. The van der Waals surface area contributed by atoms with E-state index in [1.54, 1.807) is 12.1 Å². The van der Waals surface area contributed by atoms with Crippen LogP contribution in [0.15, 0.2) is 18.2 Å². The number of hydrogen-bond donors (Lipinski definition) is 3. The number of amides is 1. The van der Waals surface area contributed by atoms with Crippen molar-refractivity contribution in [3.63, 3.8) is 0 Å². The van der Waals surface area contributed by atoms with E-state index >= 15 is 0 Å². The lowest BCUT2D eigenvalue weighted by molar-refractivity contribution is -0.118. The number of hydrogen-bond acceptors (Lipinski definition) is 5. The van der Waals surface area contributed by atoms with E-state index in [0.29, 0.717) is 11.4 Å². The van der Waals surface area contributed by atoms with Crippen LogP contribution in [-0.4, -0.2) is 33.7 Å². The average molecular weight is 329 g/mol. The van der Waals surface area contributed by atoms with E-state index < -0.39 is 16.1 Å². The fourth-order valence-corrected chi connectivity index (χ4v) is 2.36. The van der Waals surface area contributed by atoms with Gasteiger partial charge in [0.15, 0.2) is 0 Å². The summed E-state index contributed by atoms with van der Waals surface area (Å²) in [7, 11) is -2.03. The standard InChI is InChI=1S/C14H23N3O4S/c1-5-9(2)13(15)14(18)16-10-6-7-12(21-3)11(8-10)17-22(4,19)20/h6-9,13,17H,5,15H2,1-4H3,(H,16,18). The highest BCUT2D eigenvalue weighted by molar-refractivity contribution is 7.92. The predicted molar refractivity (Wildman–Crippen MR) is 87.5 cm³/mol. The minimum atomic E-state index is -3.46. The van der Waals surface area contributed by atoms with Crippen LogP contribution in [0.4, 0.5) is 11.4 Å². The fraction of sp³-hybridized carbons (Fsp3) is 0.500. The summed E-state index contributed by atoms with van der Waals surface area (Å²) < 4.78 is 30.2. The van der Waals surface area contributed by atoms with Crippen molar-refractivity contribution in [2.45, 2.75) is 26.3 Å². The Hall–Kier alpha value is -1.80. The van der Waals surface area contributed by atoms with Crippen LogP contribution < -0.4 is 20.5 Å². The molecule has 0 spiro atoms. The fourth-order valence-electron chi connectivity index (χ4n) is 1.80. The van der Waals surface area contributed by atoms with E-state index in [-0.39, 0.29) is 17.5 Å². The van der Waals surface area contributed by atoms with E-state index in [2.05, 4.69) is 10.0 Å². The number of ether oxygens (including phenoxy) is 1. The number of nitrogens with one attached hydrogen (secondary N) is 2. The number of sulfonamides is 1. The maximum atomic E-state index is 12.1. The van der Waals surface area contributed by atoms with Crippen molar-refractivity contribution in [1.82, 2.24) is 0 Å². The predicted octanol–water partition coefficient (Wildman–Crippen LogP) is 1.38. The second-order valence-electron chi connectivity index (χ2n) is 5.19. The van der Waals surface area contributed by atoms with Crippen molar-refractivity contribution in [3.8, 4) is 5.75 Å². The molecule has 0 heterocycles. The summed E-state index contributed by atoms with van der Waals surface area (Å²) in [5.74, 6) is 0.0892. The van der Waals surface area contributed by atoms with Crippen molar-refractivity contribution in [3.05, 3.63) is 18.2 Å². The molecule has 22 heavy (non-hydrogen) atoms. The lowest BCUT2D eigenvalue weighted by Crippen LogP contribution is -2.40. The van der Waals surface area contributed by atoms with Gasteiger partial charge in [-0.15, -0.1) is 0 Å². The first-order valence-electron chi connectivity index (χ1n) is 6.90. The van der Waals surface area contributed by atoms with Gasteiger partial charge in [0.25, 0.3) is 0 Å². The maximum Gasteiger partial charge on any atom is 0.241 e. The summed E-state index contributed by atoms with van der Waals surface area (Å²) in [4.78, 5) is 12.1. The molecule has 0 saturated heterocycles. The van der Waals surface area contributed by atoms with Crippen LogP contribution in [0.1, 0.15) is 20.3 Å². The van der Waals surface area contributed by atoms with Gasteiger partial charge < -0.3 is 15.8 Å². The Bertz CT molecular complexity index is 631. The number of rotatable bonds is 7. The molecule has 1 aromatic rings. The molecule has 0 fully saturated rings. The van der Waals surface area contributed by atoms with Crippen molar-refractivity contribution >= 4 is 27.3 Å². The van der Waals surface area contributed by atoms with Crippen LogP contribution in [0, 0.1) is 5.92 Å². The van der Waals surface area contributed by atoms with Crippen molar-refractivity contribution < 1.29 is 17.9 Å². The van der Waals surface area contributed by atoms with Crippen molar-refractivity contribution in [2.75, 3.05) is 23.4 Å². The van der Waals surface area contributed by atoms with Gasteiger partial charge in [0, 0.05) is 5.69 Å². The van der Waals surface area contributed by atoms with Gasteiger partial charge in [-0.1, -0.05) is 20.3 Å². The highest BCUT2D eigenvalue weighted by atomic mass is 32.2. The van der Waals surface area contributed by atoms with E-state index in [1.807, 2.05) is 13.8 Å². The Morgan fingerprint density at radius 1 is 1.41 bits per heavy atom. The number of anilines is 2. The first-order chi connectivity index (χ1) is 10.2. The second kappa shape index (κ2) is 7.46. The van der Waals surface area contributed by atoms with Crippen molar-refractivity contribution in [2.24, 2.45) is 11.7 Å². The van der Waals surface area contributed by atoms with E-state index in [9.17, 15) is 13.2 Å². The third-order valence-corrected chi connectivity index (χ3v) is 3.91. The van der Waals surface area contributed by atoms with Crippen LogP contribution in [0.25, 0.3) is 0 Å². The van der Waals surface area contributed by atoms with Gasteiger partial charge in [-0.2, -0.15) is 0 Å². The normalized spacial score (nSPS) is 14.0. The quantitative estimate of drug-likeness (QED) is 0.700. The number of carbonyl (C=O) groups excluding carboxylic acids is 1. The second-order valence-corrected chi connectivity index (χ2v) is 6.94. The average Bonchev–Trinajstić information content (AvgIpc) is 2.44. The van der Waals surface area contributed by atoms with Crippen LogP contribution in [-0.2, 0) is 14.8 Å². The Labute approximate surface area is 131 Å². The van der Waals surface area contributed by atoms with Crippen LogP contribution in [0.5, 0.6) is 5.75 Å². The largest absolute Gasteiger partial charge is 0.495 e. The van der Waals surface area contributed by atoms with Crippen LogP contribution >= 0.6 is 0 Å². The molecule has 1 aromatic carbocycles. The first kappa shape index (κ1) is 18.2. The van der Waals surface area contributed by atoms with Crippen LogP contribution in [0.3, 0.4) is 0 Å². The molecule has 0 bridgehead atoms. The molecule has 8 heteroatoms. The molecule has 0 aliphatic heterocycles. The molecule has 0 saturated carbocycles. The smallest absolute Gasteiger partial charge is 0.241 e. The molecule has 0 radical (unpaired) electrons. The minimum absolute atomic E-state index is 0.0480. The van der Waals surface area contributed by atoms with Gasteiger partial charge in [-0.3, -0.25) is 9.52 Å². The number of carbonyl (C=O) groups is 1. The Morgan fingerprint density at radius 2 is 2.05 bits per heavy atom. The summed E-state index contributed by atoms with van der Waals surface area (Å²) in [6, 6.07) is 4.05. The van der Waals surface area contributed by atoms with Gasteiger partial charge in [0.1, 0.15) is 5.75 Å². The monoisotopic (exact) mass is 329 g/mol. The molecular weight excluding hydrogens is 306 g/mol. The molecule has 0 aliphatic carbocycles. The van der Waals surface area contributed by atoms with E-state index in [4.69, 9.17) is 10.5 Å². The summed E-state index contributed by atoms with van der Waals surface area (Å²) in [5, 5.41) is 2.68. The molecule has 2 atom stereocenters. The Morgan fingerprint density at radius 3 is 2.55 bits per heavy atom. The maximum absolute atomic E-state index is 12.1. The summed E-state index contributed by atoms with van der Waals surface area (Å²) >= 11 is 0. The Balaban J connectivity index is 2.97. The molecule has 124 valence electrons. The third-order valence-electron chi connectivity index (χ3n) is 3.32. The molecule has 1 amide bonds. The summed E-state index contributed by atoms with van der Waals surface area (Å²) in [6.07, 6.45) is 1.83. The molecule has 7 nitrogen and oxygen atoms in total. The molecule has 2 unspecified atom stereocenters. The lowest BCUT2D eigenvalue weighted by Gasteiger charge is -2.18. The van der Waals surface area contributed by atoms with Crippen molar-refractivity contribution in [1.29, 1.82) is 0 Å². The van der Waals surface area contributed by atoms with E-state index in [1.165, 1.54) is 13.2 Å². The Kier molecular flexibility index (Phi) is 6.19. The highest BCUT2D eigenvalue weighted by Gasteiger charge is 2.20. The molecule has 0 aliphatic rings. The zero-order valence-electron chi connectivity index (χ0n) is 13.2. The van der Waals surface area contributed by atoms with Gasteiger partial charge in [0.2, 0.25) is 15.9 Å². The molecule has 0 aromatic heterocycles. The zero-order valence-corrected chi connectivity index (χ0v) is 14.0. The highest BCUT2D eigenvalue weighted by Crippen LogP contribution is 2.28. The minimum Gasteiger partial charge on any atom is -0.495 e. The SMILES string of the molecule is CCC(C)C(N)C(=O)Nc1ccc(OC)c(NS(C)(=O)=O)c1. The number of methoxy groups -OCH3 is 1. The molecule has 4 N–H and O–H groups in total. The van der Waals surface area contributed by atoms with Gasteiger partial charge in [-0.05, 0) is 24.1 Å². The first-order valence-corrected chi connectivity index (χ1v) is 8.79. The summed E-state index contributed by atoms with van der Waals surface area (Å²) in [5.41, 5.74) is 6.56.